The molecule has 0 spiro atoms. The van der Waals surface area contributed by atoms with Crippen LogP contribution < -0.4 is 4.74 Å². The second-order valence-electron chi connectivity index (χ2n) is 7.83. The highest BCUT2D eigenvalue weighted by Crippen LogP contribution is 2.45. The second-order valence-corrected chi connectivity index (χ2v) is 7.83. The first-order chi connectivity index (χ1) is 13.6. The van der Waals surface area contributed by atoms with Crippen molar-refractivity contribution >= 4 is 5.91 Å². The molecule has 28 heavy (non-hydrogen) atoms. The maximum absolute atomic E-state index is 13.5. The lowest BCUT2D eigenvalue weighted by Crippen LogP contribution is -2.35. The molecule has 5 heteroatoms. The molecule has 0 unspecified atom stereocenters. The Morgan fingerprint density at radius 3 is 2.64 bits per heavy atom. The summed E-state index contributed by atoms with van der Waals surface area (Å²) in [6.45, 7) is 5.36. The zero-order chi connectivity index (χ0) is 19.7. The zero-order valence-electron chi connectivity index (χ0n) is 16.5. The summed E-state index contributed by atoms with van der Waals surface area (Å²) in [6, 6.07) is 15.3. The molecule has 3 atom stereocenters. The summed E-state index contributed by atoms with van der Waals surface area (Å²) in [5.74, 6) is 1.43. The van der Waals surface area contributed by atoms with Gasteiger partial charge in [-0.1, -0.05) is 43.3 Å². The SMILES string of the molecule is CCC(=O)N1C[C@@H]2CN(Cc3ccc(F)cc3OC)C[C@@H]2[C@H]1c1ccccc1. The van der Waals surface area contributed by atoms with E-state index in [9.17, 15) is 9.18 Å². The van der Waals surface area contributed by atoms with Crippen LogP contribution >= 0.6 is 0 Å². The standard InChI is InChI=1S/C23H27FN2O2/c1-3-22(27)26-14-18-13-25(12-17-9-10-19(24)11-21(17)28-2)15-20(18)23(26)16-7-5-4-6-8-16/h4-11,18,20,23H,3,12-15H2,1-2H3/t18-,20-,23+/m0/s1. The van der Waals surface area contributed by atoms with Crippen LogP contribution in [0.1, 0.15) is 30.5 Å². The van der Waals surface area contributed by atoms with E-state index in [0.29, 0.717) is 24.0 Å². The third-order valence-corrected chi connectivity index (χ3v) is 6.15. The normalized spacial score (nSPS) is 24.4. The van der Waals surface area contributed by atoms with Crippen molar-refractivity contribution < 1.29 is 13.9 Å². The van der Waals surface area contributed by atoms with Gasteiger partial charge in [-0.05, 0) is 17.5 Å². The average Bonchev–Trinajstić information content (AvgIpc) is 3.26. The molecule has 0 N–H and O–H groups in total. The summed E-state index contributed by atoms with van der Waals surface area (Å²) in [4.78, 5) is 17.1. The lowest BCUT2D eigenvalue weighted by atomic mass is 9.89. The number of rotatable bonds is 5. The Morgan fingerprint density at radius 1 is 1.14 bits per heavy atom. The quantitative estimate of drug-likeness (QED) is 0.787. The molecule has 0 aliphatic carbocycles. The molecule has 2 fully saturated rings. The highest BCUT2D eigenvalue weighted by molar-refractivity contribution is 5.77. The second kappa shape index (κ2) is 7.92. The van der Waals surface area contributed by atoms with Gasteiger partial charge < -0.3 is 9.64 Å². The molecule has 2 aliphatic heterocycles. The van der Waals surface area contributed by atoms with Crippen molar-refractivity contribution in [1.82, 2.24) is 9.80 Å². The monoisotopic (exact) mass is 382 g/mol. The number of carbonyl (C=O) groups excluding carboxylic acids is 1. The Balaban J connectivity index is 1.54. The van der Waals surface area contributed by atoms with Crippen LogP contribution in [0.5, 0.6) is 5.75 Å². The van der Waals surface area contributed by atoms with Crippen LogP contribution in [0.3, 0.4) is 0 Å². The van der Waals surface area contributed by atoms with E-state index in [4.69, 9.17) is 4.74 Å². The molecule has 2 heterocycles. The lowest BCUT2D eigenvalue weighted by molar-refractivity contribution is -0.132. The van der Waals surface area contributed by atoms with E-state index in [0.717, 1.165) is 31.7 Å². The summed E-state index contributed by atoms with van der Waals surface area (Å²) < 4.78 is 18.9. The molecule has 1 amide bonds. The number of fused-ring (bicyclic) bond motifs is 1. The van der Waals surface area contributed by atoms with Gasteiger partial charge in [-0.2, -0.15) is 0 Å². The zero-order valence-corrected chi connectivity index (χ0v) is 16.5. The lowest BCUT2D eigenvalue weighted by Gasteiger charge is -2.30. The molecular weight excluding hydrogens is 355 g/mol. The Morgan fingerprint density at radius 2 is 1.93 bits per heavy atom. The third kappa shape index (κ3) is 3.51. The Bertz CT molecular complexity index is 842. The maximum Gasteiger partial charge on any atom is 0.222 e. The minimum atomic E-state index is -0.281. The summed E-state index contributed by atoms with van der Waals surface area (Å²) in [7, 11) is 1.58. The van der Waals surface area contributed by atoms with Gasteiger partial charge in [-0.25, -0.2) is 4.39 Å². The largest absolute Gasteiger partial charge is 0.496 e. The molecule has 2 aromatic rings. The van der Waals surface area contributed by atoms with E-state index in [1.54, 1.807) is 7.11 Å². The number of nitrogens with zero attached hydrogens (tertiary/aromatic N) is 2. The number of hydrogen-bond donors (Lipinski definition) is 0. The van der Waals surface area contributed by atoms with E-state index >= 15 is 0 Å². The van der Waals surface area contributed by atoms with E-state index in [1.165, 1.54) is 17.7 Å². The first-order valence-corrected chi connectivity index (χ1v) is 10.00. The van der Waals surface area contributed by atoms with E-state index in [-0.39, 0.29) is 17.8 Å². The third-order valence-electron chi connectivity index (χ3n) is 6.15. The Kier molecular flexibility index (Phi) is 5.36. The van der Waals surface area contributed by atoms with E-state index in [1.807, 2.05) is 31.2 Å². The van der Waals surface area contributed by atoms with Gasteiger partial charge >= 0.3 is 0 Å². The predicted molar refractivity (Wildman–Crippen MR) is 106 cm³/mol. The number of carbonyl (C=O) groups is 1. The predicted octanol–water partition coefficient (Wildman–Crippen LogP) is 3.88. The van der Waals surface area contributed by atoms with Gasteiger partial charge in [0.05, 0.1) is 13.2 Å². The van der Waals surface area contributed by atoms with E-state index in [2.05, 4.69) is 21.9 Å². The molecule has 0 bridgehead atoms. The fourth-order valence-electron chi connectivity index (χ4n) is 4.89. The molecule has 0 saturated carbocycles. The van der Waals surface area contributed by atoms with Crippen molar-refractivity contribution in [2.75, 3.05) is 26.7 Å². The van der Waals surface area contributed by atoms with Crippen molar-refractivity contribution in [3.63, 3.8) is 0 Å². The number of amides is 1. The van der Waals surface area contributed by atoms with Gasteiger partial charge in [0.15, 0.2) is 0 Å². The van der Waals surface area contributed by atoms with Crippen LogP contribution in [0.4, 0.5) is 4.39 Å². The maximum atomic E-state index is 13.5. The number of likely N-dealkylation sites (tertiary alicyclic amines) is 2. The number of hydrogen-bond acceptors (Lipinski definition) is 3. The number of methoxy groups -OCH3 is 1. The molecule has 2 aliphatic rings. The first kappa shape index (κ1) is 18.9. The van der Waals surface area contributed by atoms with E-state index < -0.39 is 0 Å². The summed E-state index contributed by atoms with van der Waals surface area (Å²) in [5, 5.41) is 0. The molecule has 4 nitrogen and oxygen atoms in total. The summed E-state index contributed by atoms with van der Waals surface area (Å²) in [5.41, 5.74) is 2.22. The van der Waals surface area contributed by atoms with Gasteiger partial charge in [0, 0.05) is 50.1 Å². The minimum absolute atomic E-state index is 0.138. The molecule has 2 aromatic carbocycles. The van der Waals surface area contributed by atoms with Gasteiger partial charge in [-0.15, -0.1) is 0 Å². The van der Waals surface area contributed by atoms with Crippen LogP contribution in [0.2, 0.25) is 0 Å². The average molecular weight is 382 g/mol. The van der Waals surface area contributed by atoms with Gasteiger partial charge in [0.25, 0.3) is 0 Å². The Hall–Kier alpha value is -2.40. The van der Waals surface area contributed by atoms with Gasteiger partial charge in [0.2, 0.25) is 5.91 Å². The fraction of sp³-hybridized carbons (Fsp3) is 0.435. The summed E-state index contributed by atoms with van der Waals surface area (Å²) >= 11 is 0. The molecule has 2 saturated heterocycles. The number of halogens is 1. The highest BCUT2D eigenvalue weighted by Gasteiger charge is 2.48. The molecule has 4 rings (SSSR count). The van der Waals surface area contributed by atoms with Crippen molar-refractivity contribution in [1.29, 1.82) is 0 Å². The molecule has 0 aromatic heterocycles. The van der Waals surface area contributed by atoms with Crippen molar-refractivity contribution in [2.24, 2.45) is 11.8 Å². The molecule has 148 valence electrons. The summed E-state index contributed by atoms with van der Waals surface area (Å²) in [6.07, 6.45) is 0.541. The van der Waals surface area contributed by atoms with Crippen molar-refractivity contribution in [3.05, 3.63) is 65.5 Å². The van der Waals surface area contributed by atoms with Crippen LogP contribution in [0, 0.1) is 17.7 Å². The van der Waals surface area contributed by atoms with Crippen LogP contribution in [0.25, 0.3) is 0 Å². The van der Waals surface area contributed by atoms with Crippen LogP contribution in [0.15, 0.2) is 48.5 Å². The molecular formula is C23H27FN2O2. The molecule has 0 radical (unpaired) electrons. The van der Waals surface area contributed by atoms with Gasteiger partial charge in [0.1, 0.15) is 11.6 Å². The highest BCUT2D eigenvalue weighted by atomic mass is 19.1. The van der Waals surface area contributed by atoms with Crippen molar-refractivity contribution in [3.8, 4) is 5.75 Å². The van der Waals surface area contributed by atoms with Crippen molar-refractivity contribution in [2.45, 2.75) is 25.9 Å². The van der Waals surface area contributed by atoms with Crippen LogP contribution in [-0.4, -0.2) is 42.5 Å². The van der Waals surface area contributed by atoms with Gasteiger partial charge in [-0.3, -0.25) is 9.69 Å². The number of ether oxygens (including phenoxy) is 1. The first-order valence-electron chi connectivity index (χ1n) is 10.00. The Labute approximate surface area is 165 Å². The van der Waals surface area contributed by atoms with Crippen LogP contribution in [-0.2, 0) is 11.3 Å². The number of benzene rings is 2. The smallest absolute Gasteiger partial charge is 0.222 e. The fourth-order valence-corrected chi connectivity index (χ4v) is 4.89. The topological polar surface area (TPSA) is 32.8 Å². The minimum Gasteiger partial charge on any atom is -0.496 e.